The largest absolute Gasteiger partial charge is 0.475 e. The molecule has 1 fully saturated rings. The Morgan fingerprint density at radius 3 is 2.94 bits per heavy atom. The van der Waals surface area contributed by atoms with Gasteiger partial charge in [-0.05, 0) is 31.7 Å². The van der Waals surface area contributed by atoms with Crippen molar-refractivity contribution in [1.82, 2.24) is 5.32 Å². The van der Waals surface area contributed by atoms with Gasteiger partial charge in [0.05, 0.1) is 6.26 Å². The molecule has 0 amide bonds. The fourth-order valence-electron chi connectivity index (χ4n) is 2.56. The van der Waals surface area contributed by atoms with E-state index in [1.165, 1.54) is 31.9 Å². The second-order valence-corrected chi connectivity index (χ2v) is 4.79. The van der Waals surface area contributed by atoms with Crippen LogP contribution in [-0.2, 0) is 6.54 Å². The number of carbonyl (C=O) groups is 1. The van der Waals surface area contributed by atoms with Crippen LogP contribution in [0.1, 0.15) is 48.7 Å². The summed E-state index contributed by atoms with van der Waals surface area (Å²) in [4.78, 5) is 10.9. The summed E-state index contributed by atoms with van der Waals surface area (Å²) in [5.74, 6) is -0.216. The first-order valence-corrected chi connectivity index (χ1v) is 6.21. The lowest BCUT2D eigenvalue weighted by Gasteiger charge is -2.20. The highest BCUT2D eigenvalue weighted by atomic mass is 16.4. The quantitative estimate of drug-likeness (QED) is 0.826. The molecular formula is C13H19NO3. The van der Waals surface area contributed by atoms with Crippen LogP contribution in [0.3, 0.4) is 0 Å². The van der Waals surface area contributed by atoms with Crippen molar-refractivity contribution in [3.63, 3.8) is 0 Å². The zero-order chi connectivity index (χ0) is 12.3. The van der Waals surface area contributed by atoms with E-state index in [9.17, 15) is 4.79 Å². The molecule has 17 heavy (non-hydrogen) atoms. The standard InChI is InChI=1S/C13H19NO3/c1-9(10-4-2-3-5-10)14-8-11-6-7-17-12(11)13(15)16/h6-7,9-10,14H,2-5,8H2,1H3,(H,15,16)/t9-/m0/s1. The predicted octanol–water partition coefficient (Wildman–Crippen LogP) is 2.65. The van der Waals surface area contributed by atoms with E-state index in [1.807, 2.05) is 0 Å². The topological polar surface area (TPSA) is 62.5 Å². The van der Waals surface area contributed by atoms with Crippen molar-refractivity contribution in [2.45, 2.75) is 45.2 Å². The van der Waals surface area contributed by atoms with Crippen molar-refractivity contribution in [2.24, 2.45) is 5.92 Å². The molecule has 4 heteroatoms. The SMILES string of the molecule is C[C@H](NCc1ccoc1C(=O)O)C1CCCC1. The van der Waals surface area contributed by atoms with Crippen LogP contribution in [0.4, 0.5) is 0 Å². The lowest BCUT2D eigenvalue weighted by Crippen LogP contribution is -2.32. The highest BCUT2D eigenvalue weighted by molar-refractivity contribution is 5.86. The Hall–Kier alpha value is -1.29. The molecule has 1 heterocycles. The van der Waals surface area contributed by atoms with Gasteiger partial charge in [-0.25, -0.2) is 4.79 Å². The summed E-state index contributed by atoms with van der Waals surface area (Å²) in [6.07, 6.45) is 6.64. The van der Waals surface area contributed by atoms with Crippen molar-refractivity contribution < 1.29 is 14.3 Å². The molecule has 0 bridgehead atoms. The fraction of sp³-hybridized carbons (Fsp3) is 0.615. The minimum absolute atomic E-state index is 0.0520. The third-order valence-electron chi connectivity index (χ3n) is 3.66. The van der Waals surface area contributed by atoms with Crippen LogP contribution < -0.4 is 5.32 Å². The van der Waals surface area contributed by atoms with Crippen molar-refractivity contribution in [2.75, 3.05) is 0 Å². The second-order valence-electron chi connectivity index (χ2n) is 4.79. The van der Waals surface area contributed by atoms with Crippen LogP contribution in [0, 0.1) is 5.92 Å². The molecular weight excluding hydrogens is 218 g/mol. The highest BCUT2D eigenvalue weighted by Crippen LogP contribution is 2.27. The molecule has 1 aromatic heterocycles. The van der Waals surface area contributed by atoms with E-state index in [1.54, 1.807) is 6.07 Å². The number of carboxylic acids is 1. The molecule has 4 nitrogen and oxygen atoms in total. The zero-order valence-electron chi connectivity index (χ0n) is 10.1. The maximum atomic E-state index is 10.9. The van der Waals surface area contributed by atoms with Crippen molar-refractivity contribution in [1.29, 1.82) is 0 Å². The van der Waals surface area contributed by atoms with Crippen molar-refractivity contribution in [3.8, 4) is 0 Å². The first-order chi connectivity index (χ1) is 8.18. The summed E-state index contributed by atoms with van der Waals surface area (Å²) in [6, 6.07) is 2.16. The fourth-order valence-corrected chi connectivity index (χ4v) is 2.56. The second kappa shape index (κ2) is 5.36. The van der Waals surface area contributed by atoms with Gasteiger partial charge >= 0.3 is 5.97 Å². The molecule has 0 radical (unpaired) electrons. The number of aromatic carboxylic acids is 1. The minimum atomic E-state index is -1.000. The molecule has 1 aliphatic carbocycles. The smallest absolute Gasteiger partial charge is 0.372 e. The Kier molecular flexibility index (Phi) is 3.84. The molecule has 0 spiro atoms. The Bertz CT molecular complexity index is 380. The van der Waals surface area contributed by atoms with Gasteiger partial charge in [0.2, 0.25) is 5.76 Å². The molecule has 1 aromatic rings. The number of furan rings is 1. The predicted molar refractivity (Wildman–Crippen MR) is 63.9 cm³/mol. The van der Waals surface area contributed by atoms with E-state index >= 15 is 0 Å². The molecule has 0 unspecified atom stereocenters. The monoisotopic (exact) mass is 237 g/mol. The summed E-state index contributed by atoms with van der Waals surface area (Å²) in [5, 5.41) is 12.3. The Morgan fingerprint density at radius 1 is 1.59 bits per heavy atom. The van der Waals surface area contributed by atoms with Crippen LogP contribution in [0.2, 0.25) is 0 Å². The van der Waals surface area contributed by atoms with Gasteiger partial charge in [-0.3, -0.25) is 0 Å². The van der Waals surface area contributed by atoms with Crippen LogP contribution in [0.15, 0.2) is 16.7 Å². The van der Waals surface area contributed by atoms with Gasteiger partial charge < -0.3 is 14.8 Å². The molecule has 0 aliphatic heterocycles. The van der Waals surface area contributed by atoms with E-state index in [0.29, 0.717) is 12.6 Å². The number of nitrogens with one attached hydrogen (secondary N) is 1. The van der Waals surface area contributed by atoms with Crippen LogP contribution in [0.5, 0.6) is 0 Å². The number of hydrogen-bond donors (Lipinski definition) is 2. The average Bonchev–Trinajstić information content (AvgIpc) is 2.96. The highest BCUT2D eigenvalue weighted by Gasteiger charge is 2.22. The van der Waals surface area contributed by atoms with Crippen LogP contribution in [-0.4, -0.2) is 17.1 Å². The molecule has 1 saturated carbocycles. The lowest BCUT2D eigenvalue weighted by molar-refractivity contribution is 0.0660. The van der Waals surface area contributed by atoms with Gasteiger partial charge in [0.1, 0.15) is 0 Å². The first-order valence-electron chi connectivity index (χ1n) is 6.21. The molecule has 1 atom stereocenters. The molecule has 94 valence electrons. The molecule has 2 rings (SSSR count). The number of hydrogen-bond acceptors (Lipinski definition) is 3. The van der Waals surface area contributed by atoms with Gasteiger partial charge in [0, 0.05) is 18.2 Å². The average molecular weight is 237 g/mol. The van der Waals surface area contributed by atoms with E-state index in [4.69, 9.17) is 9.52 Å². The van der Waals surface area contributed by atoms with Crippen LogP contribution in [0.25, 0.3) is 0 Å². The summed E-state index contributed by atoms with van der Waals surface area (Å²) < 4.78 is 4.94. The maximum absolute atomic E-state index is 10.9. The lowest BCUT2D eigenvalue weighted by atomic mass is 9.99. The van der Waals surface area contributed by atoms with E-state index in [-0.39, 0.29) is 5.76 Å². The maximum Gasteiger partial charge on any atom is 0.372 e. The third kappa shape index (κ3) is 2.88. The molecule has 0 aromatic carbocycles. The van der Waals surface area contributed by atoms with E-state index < -0.39 is 5.97 Å². The Labute approximate surface area is 101 Å². The van der Waals surface area contributed by atoms with Gasteiger partial charge in [-0.1, -0.05) is 12.8 Å². The van der Waals surface area contributed by atoms with Crippen molar-refractivity contribution in [3.05, 3.63) is 23.7 Å². The van der Waals surface area contributed by atoms with E-state index in [2.05, 4.69) is 12.2 Å². The first kappa shape index (κ1) is 12.2. The summed E-state index contributed by atoms with van der Waals surface area (Å²) in [6.45, 7) is 2.74. The van der Waals surface area contributed by atoms with Crippen molar-refractivity contribution >= 4 is 5.97 Å². The zero-order valence-corrected chi connectivity index (χ0v) is 10.1. The minimum Gasteiger partial charge on any atom is -0.475 e. The molecule has 1 aliphatic rings. The summed E-state index contributed by atoms with van der Waals surface area (Å²) in [7, 11) is 0. The number of carboxylic acid groups (broad SMARTS) is 1. The summed E-state index contributed by atoms with van der Waals surface area (Å²) >= 11 is 0. The van der Waals surface area contributed by atoms with Gasteiger partial charge in [0.25, 0.3) is 0 Å². The Morgan fingerprint density at radius 2 is 2.29 bits per heavy atom. The van der Waals surface area contributed by atoms with Crippen LogP contribution >= 0.6 is 0 Å². The van der Waals surface area contributed by atoms with Gasteiger partial charge in [-0.2, -0.15) is 0 Å². The van der Waals surface area contributed by atoms with Gasteiger partial charge in [-0.15, -0.1) is 0 Å². The number of rotatable bonds is 5. The third-order valence-corrected chi connectivity index (χ3v) is 3.66. The van der Waals surface area contributed by atoms with E-state index in [0.717, 1.165) is 11.5 Å². The molecule has 2 N–H and O–H groups in total. The normalized spacial score (nSPS) is 18.4. The Balaban J connectivity index is 1.88. The summed E-state index contributed by atoms with van der Waals surface area (Å²) in [5.41, 5.74) is 0.724. The molecule has 0 saturated heterocycles. The van der Waals surface area contributed by atoms with Gasteiger partial charge in [0.15, 0.2) is 0 Å².